The number of likely N-dealkylation sites (tertiary alicyclic amines) is 2. The Kier molecular flexibility index (Phi) is 4.83. The highest BCUT2D eigenvalue weighted by atomic mass is 15.2. The van der Waals surface area contributed by atoms with Crippen molar-refractivity contribution in [2.45, 2.75) is 51.1 Å². The van der Waals surface area contributed by atoms with Gasteiger partial charge in [0.25, 0.3) is 0 Å². The molecule has 3 atom stereocenters. The third-order valence-electron chi connectivity index (χ3n) is 4.77. The van der Waals surface area contributed by atoms with Gasteiger partial charge in [0.2, 0.25) is 0 Å². The van der Waals surface area contributed by atoms with E-state index in [0.29, 0.717) is 6.04 Å². The molecule has 100 valence electrons. The predicted octanol–water partition coefficient (Wildman–Crippen LogP) is 1.53. The molecule has 2 heterocycles. The van der Waals surface area contributed by atoms with Gasteiger partial charge in [-0.25, -0.2) is 0 Å². The molecular weight excluding hydrogens is 210 g/mol. The summed E-state index contributed by atoms with van der Waals surface area (Å²) in [6.07, 6.45) is 6.47. The molecule has 0 radical (unpaired) electrons. The second-order valence-electron chi connectivity index (χ2n) is 6.00. The molecule has 17 heavy (non-hydrogen) atoms. The summed E-state index contributed by atoms with van der Waals surface area (Å²) in [6.45, 7) is 7.30. The lowest BCUT2D eigenvalue weighted by Crippen LogP contribution is -2.53. The molecule has 0 aliphatic carbocycles. The number of rotatable bonds is 4. The van der Waals surface area contributed by atoms with E-state index in [2.05, 4.69) is 23.8 Å². The molecule has 0 aromatic carbocycles. The van der Waals surface area contributed by atoms with Crippen LogP contribution in [0.2, 0.25) is 0 Å². The van der Waals surface area contributed by atoms with Crippen LogP contribution in [0.15, 0.2) is 0 Å². The average molecular weight is 239 g/mol. The van der Waals surface area contributed by atoms with Gasteiger partial charge in [-0.1, -0.05) is 6.92 Å². The van der Waals surface area contributed by atoms with Crippen LogP contribution < -0.4 is 5.73 Å². The smallest absolute Gasteiger partial charge is 0.0145 e. The van der Waals surface area contributed by atoms with Gasteiger partial charge in [-0.2, -0.15) is 0 Å². The van der Waals surface area contributed by atoms with Crippen LogP contribution >= 0.6 is 0 Å². The van der Waals surface area contributed by atoms with E-state index in [0.717, 1.165) is 18.4 Å². The zero-order valence-corrected chi connectivity index (χ0v) is 11.6. The van der Waals surface area contributed by atoms with E-state index < -0.39 is 0 Å². The van der Waals surface area contributed by atoms with Crippen LogP contribution in [0.4, 0.5) is 0 Å². The summed E-state index contributed by atoms with van der Waals surface area (Å²) < 4.78 is 0. The highest BCUT2D eigenvalue weighted by Crippen LogP contribution is 2.29. The fourth-order valence-electron chi connectivity index (χ4n) is 3.48. The SMILES string of the molecule is CCC(N)CCN1CCC2C(CCCN2C)C1. The Morgan fingerprint density at radius 3 is 2.88 bits per heavy atom. The van der Waals surface area contributed by atoms with Crippen molar-refractivity contribution in [2.24, 2.45) is 11.7 Å². The van der Waals surface area contributed by atoms with Crippen LogP contribution in [0.25, 0.3) is 0 Å². The molecule has 0 aromatic heterocycles. The van der Waals surface area contributed by atoms with Crippen molar-refractivity contribution >= 4 is 0 Å². The first kappa shape index (κ1) is 13.3. The highest BCUT2D eigenvalue weighted by molar-refractivity contribution is 4.89. The van der Waals surface area contributed by atoms with Crippen molar-refractivity contribution in [1.82, 2.24) is 9.80 Å². The van der Waals surface area contributed by atoms with E-state index in [-0.39, 0.29) is 0 Å². The largest absolute Gasteiger partial charge is 0.328 e. The fourth-order valence-corrected chi connectivity index (χ4v) is 3.48. The van der Waals surface area contributed by atoms with Gasteiger partial charge < -0.3 is 15.5 Å². The van der Waals surface area contributed by atoms with Gasteiger partial charge in [-0.3, -0.25) is 0 Å². The first-order valence-electron chi connectivity index (χ1n) is 7.39. The summed E-state index contributed by atoms with van der Waals surface area (Å²) in [4.78, 5) is 5.24. The molecule has 2 fully saturated rings. The van der Waals surface area contributed by atoms with E-state index in [1.165, 1.54) is 51.9 Å². The Morgan fingerprint density at radius 1 is 1.29 bits per heavy atom. The topological polar surface area (TPSA) is 32.5 Å². The van der Waals surface area contributed by atoms with Gasteiger partial charge >= 0.3 is 0 Å². The van der Waals surface area contributed by atoms with Crippen LogP contribution in [0.1, 0.15) is 39.0 Å². The van der Waals surface area contributed by atoms with E-state index in [9.17, 15) is 0 Å². The van der Waals surface area contributed by atoms with Crippen molar-refractivity contribution in [3.8, 4) is 0 Å². The average Bonchev–Trinajstić information content (AvgIpc) is 2.36. The van der Waals surface area contributed by atoms with E-state index in [4.69, 9.17) is 5.73 Å². The van der Waals surface area contributed by atoms with Crippen molar-refractivity contribution in [3.05, 3.63) is 0 Å². The molecule has 0 bridgehead atoms. The zero-order valence-electron chi connectivity index (χ0n) is 11.6. The molecule has 2 saturated heterocycles. The molecular formula is C14H29N3. The minimum atomic E-state index is 0.404. The Morgan fingerprint density at radius 2 is 2.12 bits per heavy atom. The lowest BCUT2D eigenvalue weighted by atomic mass is 9.84. The molecule has 3 unspecified atom stereocenters. The number of hydrogen-bond donors (Lipinski definition) is 1. The van der Waals surface area contributed by atoms with Gasteiger partial charge in [0.05, 0.1) is 0 Å². The summed E-state index contributed by atoms with van der Waals surface area (Å²) in [6, 6.07) is 1.27. The van der Waals surface area contributed by atoms with Gasteiger partial charge in [0.1, 0.15) is 0 Å². The highest BCUT2D eigenvalue weighted by Gasteiger charge is 2.33. The number of nitrogens with two attached hydrogens (primary N) is 1. The quantitative estimate of drug-likeness (QED) is 0.807. The fraction of sp³-hybridized carbons (Fsp3) is 1.00. The minimum absolute atomic E-state index is 0.404. The predicted molar refractivity (Wildman–Crippen MR) is 73.1 cm³/mol. The second kappa shape index (κ2) is 6.17. The maximum absolute atomic E-state index is 6.01. The molecule has 3 heteroatoms. The summed E-state index contributed by atoms with van der Waals surface area (Å²) in [5, 5.41) is 0. The molecule has 2 aliphatic heterocycles. The van der Waals surface area contributed by atoms with E-state index >= 15 is 0 Å². The maximum atomic E-state index is 6.01. The molecule has 0 aromatic rings. The Labute approximate surface area is 106 Å². The lowest BCUT2D eigenvalue weighted by molar-refractivity contribution is 0.0375. The van der Waals surface area contributed by atoms with E-state index in [1.807, 2.05) is 0 Å². The third kappa shape index (κ3) is 3.43. The molecule has 2 rings (SSSR count). The zero-order chi connectivity index (χ0) is 12.3. The molecule has 3 nitrogen and oxygen atoms in total. The van der Waals surface area contributed by atoms with Crippen molar-refractivity contribution in [3.63, 3.8) is 0 Å². The lowest BCUT2D eigenvalue weighted by Gasteiger charge is -2.46. The van der Waals surface area contributed by atoms with Gasteiger partial charge in [-0.05, 0) is 64.7 Å². The summed E-state index contributed by atoms with van der Waals surface area (Å²) in [5.41, 5.74) is 6.01. The number of hydrogen-bond acceptors (Lipinski definition) is 3. The number of piperidine rings is 2. The van der Waals surface area contributed by atoms with Crippen LogP contribution in [0.5, 0.6) is 0 Å². The summed E-state index contributed by atoms with van der Waals surface area (Å²) >= 11 is 0. The van der Waals surface area contributed by atoms with Crippen LogP contribution in [-0.2, 0) is 0 Å². The molecule has 0 saturated carbocycles. The van der Waals surface area contributed by atoms with Crippen molar-refractivity contribution in [1.29, 1.82) is 0 Å². The minimum Gasteiger partial charge on any atom is -0.328 e. The Balaban J connectivity index is 1.77. The molecule has 2 N–H and O–H groups in total. The first-order valence-corrected chi connectivity index (χ1v) is 7.39. The monoisotopic (exact) mass is 239 g/mol. The third-order valence-corrected chi connectivity index (χ3v) is 4.77. The first-order chi connectivity index (χ1) is 8.20. The van der Waals surface area contributed by atoms with E-state index in [1.54, 1.807) is 0 Å². The standard InChI is InChI=1S/C14H29N3/c1-3-13(15)6-9-17-10-7-14-12(11-17)5-4-8-16(14)2/h12-14H,3-11,15H2,1-2H3. The van der Waals surface area contributed by atoms with Gasteiger partial charge in [-0.15, -0.1) is 0 Å². The molecule has 2 aliphatic rings. The molecule has 0 spiro atoms. The summed E-state index contributed by atoms with van der Waals surface area (Å²) in [5.74, 6) is 0.917. The second-order valence-corrected chi connectivity index (χ2v) is 6.00. The molecule has 0 amide bonds. The number of fused-ring (bicyclic) bond motifs is 1. The normalized spacial score (nSPS) is 33.4. The number of nitrogens with zero attached hydrogens (tertiary/aromatic N) is 2. The van der Waals surface area contributed by atoms with Crippen molar-refractivity contribution in [2.75, 3.05) is 33.2 Å². The maximum Gasteiger partial charge on any atom is 0.0145 e. The van der Waals surface area contributed by atoms with Gasteiger partial charge in [0, 0.05) is 18.6 Å². The van der Waals surface area contributed by atoms with Crippen LogP contribution in [0.3, 0.4) is 0 Å². The van der Waals surface area contributed by atoms with Crippen LogP contribution in [0, 0.1) is 5.92 Å². The summed E-state index contributed by atoms with van der Waals surface area (Å²) in [7, 11) is 2.31. The Hall–Kier alpha value is -0.120. The van der Waals surface area contributed by atoms with Crippen LogP contribution in [-0.4, -0.2) is 55.1 Å². The van der Waals surface area contributed by atoms with Gasteiger partial charge in [0.15, 0.2) is 0 Å². The Bertz CT molecular complexity index is 232. The van der Waals surface area contributed by atoms with Crippen molar-refractivity contribution < 1.29 is 0 Å².